The van der Waals surface area contributed by atoms with Gasteiger partial charge in [0.2, 0.25) is 0 Å². The molecule has 1 aromatic carbocycles. The second-order valence-electron chi connectivity index (χ2n) is 6.02. The molecule has 1 N–H and O–H groups in total. The minimum atomic E-state index is 0. The summed E-state index contributed by atoms with van der Waals surface area (Å²) < 4.78 is 5.64. The van der Waals surface area contributed by atoms with Crippen LogP contribution in [0.2, 0.25) is 5.02 Å². The first kappa shape index (κ1) is 23.6. The maximum Gasteiger partial charge on any atom is 0.122 e. The summed E-state index contributed by atoms with van der Waals surface area (Å²) in [5, 5.41) is 7.49. The van der Waals surface area contributed by atoms with Gasteiger partial charge in [-0.05, 0) is 31.5 Å². The predicted octanol–water partition coefficient (Wildman–Crippen LogP) is 4.88. The van der Waals surface area contributed by atoms with E-state index in [1.807, 2.05) is 19.1 Å². The molecule has 0 amide bonds. The number of piperazine rings is 1. The van der Waals surface area contributed by atoms with Crippen LogP contribution in [0.25, 0.3) is 0 Å². The largest absolute Gasteiger partial charge is 0.372 e. The van der Waals surface area contributed by atoms with Gasteiger partial charge in [0.1, 0.15) is 11.1 Å². The van der Waals surface area contributed by atoms with E-state index in [2.05, 4.69) is 34.7 Å². The summed E-state index contributed by atoms with van der Waals surface area (Å²) in [7, 11) is 0. The quantitative estimate of drug-likeness (QED) is 0.697. The van der Waals surface area contributed by atoms with Crippen molar-refractivity contribution < 1.29 is 4.74 Å². The van der Waals surface area contributed by atoms with Crippen molar-refractivity contribution in [1.29, 1.82) is 0 Å². The number of ether oxygens (including phenoxy) is 1. The summed E-state index contributed by atoms with van der Waals surface area (Å²) in [6.07, 6.45) is 0.0699. The van der Waals surface area contributed by atoms with Crippen LogP contribution in [-0.2, 0) is 11.3 Å². The van der Waals surface area contributed by atoms with Gasteiger partial charge in [0.25, 0.3) is 0 Å². The standard InChI is InChI=1S/C18H24ClN3OS.2ClH/c1-3-23-13(2)18-21-16(12-24-18)11-22-8-7-20-10-17(22)14-5-4-6-15(19)9-14;;/h4-6,9,12-13,17,20H,3,7-8,10-11H2,1-2H3;2*1H. The zero-order chi connectivity index (χ0) is 16.9. The highest BCUT2D eigenvalue weighted by atomic mass is 35.5. The van der Waals surface area contributed by atoms with Gasteiger partial charge in [-0.25, -0.2) is 4.98 Å². The Balaban J connectivity index is 0.00000169. The van der Waals surface area contributed by atoms with Crippen molar-refractivity contribution >= 4 is 47.8 Å². The molecule has 146 valence electrons. The predicted molar refractivity (Wildman–Crippen MR) is 114 cm³/mol. The number of nitrogens with zero attached hydrogens (tertiary/aromatic N) is 2. The molecule has 0 radical (unpaired) electrons. The van der Waals surface area contributed by atoms with Crippen molar-refractivity contribution in [3.8, 4) is 0 Å². The fraction of sp³-hybridized carbons (Fsp3) is 0.500. The van der Waals surface area contributed by atoms with Gasteiger partial charge < -0.3 is 10.1 Å². The number of thiazole rings is 1. The molecule has 0 saturated carbocycles. The molecule has 0 aliphatic carbocycles. The van der Waals surface area contributed by atoms with Crippen LogP contribution in [0, 0.1) is 0 Å². The van der Waals surface area contributed by atoms with Crippen LogP contribution >= 0.6 is 47.8 Å². The van der Waals surface area contributed by atoms with E-state index in [0.717, 1.165) is 41.9 Å². The molecule has 4 nitrogen and oxygen atoms in total. The van der Waals surface area contributed by atoms with Gasteiger partial charge in [0.15, 0.2) is 0 Å². The number of halogens is 3. The zero-order valence-electron chi connectivity index (χ0n) is 15.0. The number of nitrogens with one attached hydrogen (secondary N) is 1. The maximum atomic E-state index is 6.18. The lowest BCUT2D eigenvalue weighted by Gasteiger charge is -2.36. The molecule has 1 saturated heterocycles. The minimum absolute atomic E-state index is 0. The second-order valence-corrected chi connectivity index (χ2v) is 7.35. The van der Waals surface area contributed by atoms with Crippen LogP contribution in [0.3, 0.4) is 0 Å². The van der Waals surface area contributed by atoms with E-state index in [-0.39, 0.29) is 30.9 Å². The summed E-state index contributed by atoms with van der Waals surface area (Å²) in [5.74, 6) is 0. The molecule has 2 unspecified atom stereocenters. The van der Waals surface area contributed by atoms with Gasteiger partial charge >= 0.3 is 0 Å². The molecule has 2 heterocycles. The second kappa shape index (κ2) is 11.4. The van der Waals surface area contributed by atoms with Gasteiger partial charge in [-0.15, -0.1) is 36.2 Å². The number of aromatic nitrogens is 1. The third-order valence-corrected chi connectivity index (χ3v) is 5.58. The highest BCUT2D eigenvalue weighted by molar-refractivity contribution is 7.09. The Hall–Kier alpha value is -0.400. The summed E-state index contributed by atoms with van der Waals surface area (Å²) in [4.78, 5) is 7.25. The van der Waals surface area contributed by atoms with Crippen molar-refractivity contribution in [2.75, 3.05) is 26.2 Å². The number of benzene rings is 1. The Morgan fingerprint density at radius 3 is 2.96 bits per heavy atom. The molecule has 1 aromatic heterocycles. The number of hydrogen-bond donors (Lipinski definition) is 1. The van der Waals surface area contributed by atoms with Gasteiger partial charge in [0, 0.05) is 49.2 Å². The van der Waals surface area contributed by atoms with Crippen LogP contribution < -0.4 is 5.32 Å². The van der Waals surface area contributed by atoms with E-state index in [1.54, 1.807) is 11.3 Å². The van der Waals surface area contributed by atoms with E-state index in [0.29, 0.717) is 12.6 Å². The molecule has 3 rings (SSSR count). The highest BCUT2D eigenvalue weighted by Gasteiger charge is 2.25. The molecular weight excluding hydrogens is 413 g/mol. The van der Waals surface area contributed by atoms with Crippen molar-refractivity contribution in [1.82, 2.24) is 15.2 Å². The number of hydrogen-bond acceptors (Lipinski definition) is 5. The lowest BCUT2D eigenvalue weighted by Crippen LogP contribution is -2.45. The molecule has 8 heteroatoms. The molecule has 2 atom stereocenters. The Morgan fingerprint density at radius 2 is 2.23 bits per heavy atom. The zero-order valence-corrected chi connectivity index (χ0v) is 18.2. The maximum absolute atomic E-state index is 6.18. The van der Waals surface area contributed by atoms with E-state index in [9.17, 15) is 0 Å². The van der Waals surface area contributed by atoms with Gasteiger partial charge in [-0.1, -0.05) is 23.7 Å². The van der Waals surface area contributed by atoms with Crippen LogP contribution in [0.5, 0.6) is 0 Å². The lowest BCUT2D eigenvalue weighted by atomic mass is 10.0. The van der Waals surface area contributed by atoms with Gasteiger partial charge in [0.05, 0.1) is 5.69 Å². The molecule has 2 aromatic rings. The third-order valence-electron chi connectivity index (χ3n) is 4.29. The Kier molecular flexibility index (Phi) is 10.4. The highest BCUT2D eigenvalue weighted by Crippen LogP contribution is 2.27. The smallest absolute Gasteiger partial charge is 0.122 e. The van der Waals surface area contributed by atoms with E-state index in [1.165, 1.54) is 5.56 Å². The van der Waals surface area contributed by atoms with Crippen molar-refractivity contribution in [3.05, 3.63) is 50.9 Å². The first-order valence-electron chi connectivity index (χ1n) is 8.43. The molecule has 0 bridgehead atoms. The Labute approximate surface area is 177 Å². The van der Waals surface area contributed by atoms with Crippen LogP contribution in [0.15, 0.2) is 29.6 Å². The summed E-state index contributed by atoms with van der Waals surface area (Å²) in [6.45, 7) is 8.59. The number of rotatable bonds is 6. The Bertz CT molecular complexity index is 671. The lowest BCUT2D eigenvalue weighted by molar-refractivity contribution is 0.0758. The molecular formula is C18H26Cl3N3OS. The first-order chi connectivity index (χ1) is 11.7. The van der Waals surface area contributed by atoms with Crippen molar-refractivity contribution in [3.63, 3.8) is 0 Å². The van der Waals surface area contributed by atoms with E-state index < -0.39 is 0 Å². The fourth-order valence-corrected chi connectivity index (χ4v) is 4.10. The molecule has 0 spiro atoms. The molecule has 1 fully saturated rings. The minimum Gasteiger partial charge on any atom is -0.372 e. The van der Waals surface area contributed by atoms with Gasteiger partial charge in [-0.3, -0.25) is 4.90 Å². The SMILES string of the molecule is CCOC(C)c1nc(CN2CCNCC2c2cccc(Cl)c2)cs1.Cl.Cl. The Morgan fingerprint density at radius 1 is 1.42 bits per heavy atom. The average molecular weight is 439 g/mol. The third kappa shape index (κ3) is 6.06. The normalized spacial score (nSPS) is 18.7. The summed E-state index contributed by atoms with van der Waals surface area (Å²) in [5.41, 5.74) is 2.38. The molecule has 26 heavy (non-hydrogen) atoms. The van der Waals surface area contributed by atoms with Gasteiger partial charge in [-0.2, -0.15) is 0 Å². The van der Waals surface area contributed by atoms with Crippen LogP contribution in [0.4, 0.5) is 0 Å². The fourth-order valence-electron chi connectivity index (χ4n) is 3.09. The summed E-state index contributed by atoms with van der Waals surface area (Å²) >= 11 is 7.86. The van der Waals surface area contributed by atoms with Crippen LogP contribution in [-0.4, -0.2) is 36.1 Å². The van der Waals surface area contributed by atoms with Crippen molar-refractivity contribution in [2.45, 2.75) is 32.5 Å². The van der Waals surface area contributed by atoms with Crippen LogP contribution in [0.1, 0.15) is 42.3 Å². The molecule has 1 aliphatic heterocycles. The monoisotopic (exact) mass is 437 g/mol. The van der Waals surface area contributed by atoms with Crippen molar-refractivity contribution in [2.24, 2.45) is 0 Å². The molecule has 1 aliphatic rings. The topological polar surface area (TPSA) is 37.4 Å². The van der Waals surface area contributed by atoms with E-state index in [4.69, 9.17) is 21.3 Å². The summed E-state index contributed by atoms with van der Waals surface area (Å²) in [6, 6.07) is 8.49. The van der Waals surface area contributed by atoms with E-state index >= 15 is 0 Å². The average Bonchev–Trinajstić information content (AvgIpc) is 3.04. The first-order valence-corrected chi connectivity index (χ1v) is 9.69.